The van der Waals surface area contributed by atoms with E-state index in [9.17, 15) is 0 Å². The summed E-state index contributed by atoms with van der Waals surface area (Å²) in [4.78, 5) is 2.36. The van der Waals surface area contributed by atoms with Crippen LogP contribution >= 0.6 is 0 Å². The molecule has 0 N–H and O–H groups in total. The Kier molecular flexibility index (Phi) is 7.53. The maximum absolute atomic E-state index is 2.42. The molecule has 9 aromatic rings. The van der Waals surface area contributed by atoms with Crippen molar-refractivity contribution >= 4 is 38.7 Å². The SMILES string of the molecule is c1ccc(-c2c(-c3ccccc3)n(-c3ccccc3)c3ccc(-c4ccc(N(c5ccccc5)c5cccc6ccccc56)cc4)cc23)cc1. The van der Waals surface area contributed by atoms with E-state index in [1.54, 1.807) is 0 Å². The summed E-state index contributed by atoms with van der Waals surface area (Å²) in [5, 5.41) is 3.67. The monoisotopic (exact) mass is 638 g/mol. The molecule has 0 saturated carbocycles. The molecule has 0 atom stereocenters. The number of aromatic nitrogens is 1. The van der Waals surface area contributed by atoms with Gasteiger partial charge in [-0.3, -0.25) is 0 Å². The number of hydrogen-bond acceptors (Lipinski definition) is 1. The van der Waals surface area contributed by atoms with Crippen molar-refractivity contribution in [1.82, 2.24) is 4.57 Å². The Labute approximate surface area is 292 Å². The highest BCUT2D eigenvalue weighted by molar-refractivity contribution is 6.07. The fraction of sp³-hybridized carbons (Fsp3) is 0. The van der Waals surface area contributed by atoms with E-state index in [2.05, 4.69) is 216 Å². The zero-order chi connectivity index (χ0) is 33.3. The summed E-state index contributed by atoms with van der Waals surface area (Å²) in [6, 6.07) is 74.0. The van der Waals surface area contributed by atoms with Crippen molar-refractivity contribution in [3.05, 3.63) is 206 Å². The molecule has 0 aliphatic heterocycles. The quantitative estimate of drug-likeness (QED) is 0.169. The largest absolute Gasteiger partial charge is 0.310 e. The van der Waals surface area contributed by atoms with E-state index in [1.807, 2.05) is 0 Å². The molecule has 236 valence electrons. The zero-order valence-electron chi connectivity index (χ0n) is 27.5. The van der Waals surface area contributed by atoms with E-state index in [0.717, 1.165) is 22.7 Å². The molecule has 50 heavy (non-hydrogen) atoms. The maximum atomic E-state index is 2.42. The minimum atomic E-state index is 1.11. The van der Waals surface area contributed by atoms with Gasteiger partial charge >= 0.3 is 0 Å². The molecule has 2 nitrogen and oxygen atoms in total. The van der Waals surface area contributed by atoms with Crippen LogP contribution < -0.4 is 4.90 Å². The Morgan fingerprint density at radius 3 is 1.64 bits per heavy atom. The molecular formula is C48H34N2. The minimum absolute atomic E-state index is 1.11. The van der Waals surface area contributed by atoms with Gasteiger partial charge in [0.25, 0.3) is 0 Å². The lowest BCUT2D eigenvalue weighted by Gasteiger charge is -2.27. The zero-order valence-corrected chi connectivity index (χ0v) is 27.5. The average Bonchev–Trinajstić information content (AvgIpc) is 3.54. The van der Waals surface area contributed by atoms with Crippen molar-refractivity contribution in [1.29, 1.82) is 0 Å². The molecule has 0 aliphatic rings. The van der Waals surface area contributed by atoms with Crippen LogP contribution in [0.4, 0.5) is 17.1 Å². The molecule has 1 heterocycles. The highest BCUT2D eigenvalue weighted by atomic mass is 15.1. The Balaban J connectivity index is 1.22. The van der Waals surface area contributed by atoms with E-state index in [4.69, 9.17) is 0 Å². The molecule has 8 aromatic carbocycles. The maximum Gasteiger partial charge on any atom is 0.0619 e. The van der Waals surface area contributed by atoms with E-state index < -0.39 is 0 Å². The van der Waals surface area contributed by atoms with Gasteiger partial charge in [0, 0.05) is 33.4 Å². The van der Waals surface area contributed by atoms with Gasteiger partial charge in [0.2, 0.25) is 0 Å². The molecule has 0 amide bonds. The summed E-state index contributed by atoms with van der Waals surface area (Å²) in [6.45, 7) is 0. The van der Waals surface area contributed by atoms with Crippen LogP contribution in [0.3, 0.4) is 0 Å². The van der Waals surface area contributed by atoms with Crippen molar-refractivity contribution in [2.45, 2.75) is 0 Å². The first-order valence-corrected chi connectivity index (χ1v) is 17.1. The summed E-state index contributed by atoms with van der Waals surface area (Å²) < 4.78 is 2.42. The van der Waals surface area contributed by atoms with Gasteiger partial charge in [-0.05, 0) is 82.2 Å². The van der Waals surface area contributed by atoms with Crippen molar-refractivity contribution in [3.8, 4) is 39.2 Å². The van der Waals surface area contributed by atoms with Crippen molar-refractivity contribution in [3.63, 3.8) is 0 Å². The molecule has 0 fully saturated rings. The van der Waals surface area contributed by atoms with E-state index in [0.29, 0.717) is 0 Å². The lowest BCUT2D eigenvalue weighted by Crippen LogP contribution is -2.10. The number of benzene rings is 8. The molecule has 0 spiro atoms. The molecule has 2 heteroatoms. The summed E-state index contributed by atoms with van der Waals surface area (Å²) in [5.41, 5.74) is 12.9. The van der Waals surface area contributed by atoms with Crippen LogP contribution in [0.15, 0.2) is 206 Å². The Hall–Kier alpha value is -6.64. The van der Waals surface area contributed by atoms with Crippen LogP contribution in [-0.2, 0) is 0 Å². The first kappa shape index (κ1) is 29.5. The van der Waals surface area contributed by atoms with Gasteiger partial charge in [0.1, 0.15) is 0 Å². The third-order valence-electron chi connectivity index (χ3n) is 9.57. The van der Waals surface area contributed by atoms with Gasteiger partial charge in [-0.1, -0.05) is 152 Å². The Bertz CT molecular complexity index is 2550. The van der Waals surface area contributed by atoms with Crippen LogP contribution in [0.5, 0.6) is 0 Å². The van der Waals surface area contributed by atoms with Crippen LogP contribution in [0, 0.1) is 0 Å². The van der Waals surface area contributed by atoms with Crippen LogP contribution in [0.2, 0.25) is 0 Å². The van der Waals surface area contributed by atoms with Gasteiger partial charge in [-0.25, -0.2) is 0 Å². The molecule has 9 rings (SSSR count). The number of rotatable bonds is 7. The fourth-order valence-electron chi connectivity index (χ4n) is 7.29. The summed E-state index contributed by atoms with van der Waals surface area (Å²) in [6.07, 6.45) is 0. The fourth-order valence-corrected chi connectivity index (χ4v) is 7.29. The molecular weight excluding hydrogens is 605 g/mol. The normalized spacial score (nSPS) is 11.2. The molecule has 0 radical (unpaired) electrons. The van der Waals surface area contributed by atoms with Gasteiger partial charge in [-0.2, -0.15) is 0 Å². The molecule has 0 saturated heterocycles. The molecule has 0 bridgehead atoms. The van der Waals surface area contributed by atoms with Crippen LogP contribution in [0.1, 0.15) is 0 Å². The van der Waals surface area contributed by atoms with E-state index in [1.165, 1.54) is 55.2 Å². The topological polar surface area (TPSA) is 8.17 Å². The smallest absolute Gasteiger partial charge is 0.0619 e. The summed E-state index contributed by atoms with van der Waals surface area (Å²) in [7, 11) is 0. The first-order chi connectivity index (χ1) is 24.8. The summed E-state index contributed by atoms with van der Waals surface area (Å²) >= 11 is 0. The average molecular weight is 639 g/mol. The Morgan fingerprint density at radius 2 is 0.920 bits per heavy atom. The van der Waals surface area contributed by atoms with E-state index >= 15 is 0 Å². The molecule has 1 aromatic heterocycles. The van der Waals surface area contributed by atoms with Gasteiger partial charge in [0.05, 0.1) is 16.9 Å². The number of fused-ring (bicyclic) bond motifs is 2. The van der Waals surface area contributed by atoms with Crippen molar-refractivity contribution < 1.29 is 0 Å². The second-order valence-electron chi connectivity index (χ2n) is 12.6. The third-order valence-corrected chi connectivity index (χ3v) is 9.57. The lowest BCUT2D eigenvalue weighted by molar-refractivity contribution is 1.13. The predicted molar refractivity (Wildman–Crippen MR) is 212 cm³/mol. The van der Waals surface area contributed by atoms with Gasteiger partial charge in [-0.15, -0.1) is 0 Å². The number of hydrogen-bond donors (Lipinski definition) is 0. The van der Waals surface area contributed by atoms with E-state index in [-0.39, 0.29) is 0 Å². The lowest BCUT2D eigenvalue weighted by atomic mass is 9.96. The number of para-hydroxylation sites is 2. The second-order valence-corrected chi connectivity index (χ2v) is 12.6. The Morgan fingerprint density at radius 1 is 0.360 bits per heavy atom. The van der Waals surface area contributed by atoms with Gasteiger partial charge in [0.15, 0.2) is 0 Å². The number of nitrogens with zero attached hydrogens (tertiary/aromatic N) is 2. The first-order valence-electron chi connectivity index (χ1n) is 17.1. The molecule has 0 aliphatic carbocycles. The van der Waals surface area contributed by atoms with Crippen LogP contribution in [0.25, 0.3) is 60.9 Å². The standard InChI is InChI=1S/C48H34N2/c1-5-17-37(18-6-1)47-44-34-39(30-33-46(44)50(41-24-11-4-12-25-41)48(47)38-19-7-2-8-20-38)35-28-31-42(32-29-35)49(40-22-9-3-10-23-40)45-27-15-21-36-16-13-14-26-43(36)45/h1-34H. The second kappa shape index (κ2) is 12.8. The van der Waals surface area contributed by atoms with Crippen molar-refractivity contribution in [2.75, 3.05) is 4.90 Å². The minimum Gasteiger partial charge on any atom is -0.310 e. The highest BCUT2D eigenvalue weighted by Gasteiger charge is 2.22. The highest BCUT2D eigenvalue weighted by Crippen LogP contribution is 2.44. The third kappa shape index (κ3) is 5.24. The van der Waals surface area contributed by atoms with Gasteiger partial charge < -0.3 is 9.47 Å². The van der Waals surface area contributed by atoms with Crippen LogP contribution in [-0.4, -0.2) is 4.57 Å². The number of anilines is 3. The van der Waals surface area contributed by atoms with Crippen molar-refractivity contribution in [2.24, 2.45) is 0 Å². The predicted octanol–water partition coefficient (Wildman–Crippen LogP) is 13.3. The summed E-state index contributed by atoms with van der Waals surface area (Å²) in [5.74, 6) is 0. The molecule has 0 unspecified atom stereocenters.